The van der Waals surface area contributed by atoms with E-state index in [4.69, 9.17) is 14.9 Å². The van der Waals surface area contributed by atoms with Crippen LogP contribution in [0, 0.1) is 0 Å². The molecule has 0 aromatic heterocycles. The van der Waals surface area contributed by atoms with Crippen molar-refractivity contribution in [1.82, 2.24) is 0 Å². The Balaban J connectivity index is 2.83. The van der Waals surface area contributed by atoms with E-state index in [0.29, 0.717) is 5.75 Å². The standard InChI is InChI=1S/C9H10O5/c10-3-4-14-6-1-2-7(9(12)13)8(11)5-6/h1-2,5,10-11H,3-4H2,(H,12,13). The van der Waals surface area contributed by atoms with Crippen LogP contribution in [0.15, 0.2) is 18.2 Å². The van der Waals surface area contributed by atoms with Crippen molar-refractivity contribution in [3.63, 3.8) is 0 Å². The summed E-state index contributed by atoms with van der Waals surface area (Å²) in [6.07, 6.45) is 0. The Hall–Kier alpha value is -1.75. The van der Waals surface area contributed by atoms with Crippen molar-refractivity contribution in [2.45, 2.75) is 0 Å². The molecule has 0 spiro atoms. The van der Waals surface area contributed by atoms with Crippen LogP contribution in [-0.4, -0.2) is 34.5 Å². The molecule has 0 amide bonds. The summed E-state index contributed by atoms with van der Waals surface area (Å²) in [6, 6.07) is 3.85. The van der Waals surface area contributed by atoms with Gasteiger partial charge < -0.3 is 20.1 Å². The molecule has 0 aliphatic carbocycles. The molecule has 3 N–H and O–H groups in total. The summed E-state index contributed by atoms with van der Waals surface area (Å²) >= 11 is 0. The van der Waals surface area contributed by atoms with Gasteiger partial charge in [0.15, 0.2) is 0 Å². The van der Waals surface area contributed by atoms with Gasteiger partial charge in [0.2, 0.25) is 0 Å². The lowest BCUT2D eigenvalue weighted by Gasteiger charge is -2.05. The average Bonchev–Trinajstić information content (AvgIpc) is 2.14. The third-order valence-electron chi connectivity index (χ3n) is 1.56. The maximum atomic E-state index is 10.5. The number of rotatable bonds is 4. The quantitative estimate of drug-likeness (QED) is 0.654. The number of aromatic hydroxyl groups is 1. The molecule has 1 aromatic rings. The monoisotopic (exact) mass is 198 g/mol. The number of aromatic carboxylic acids is 1. The second-order valence-corrected chi connectivity index (χ2v) is 2.56. The van der Waals surface area contributed by atoms with Crippen molar-refractivity contribution < 1.29 is 24.9 Å². The van der Waals surface area contributed by atoms with Gasteiger partial charge in [-0.25, -0.2) is 4.79 Å². The Kier molecular flexibility index (Phi) is 3.30. The van der Waals surface area contributed by atoms with Crippen LogP contribution in [-0.2, 0) is 0 Å². The molecule has 5 heteroatoms. The van der Waals surface area contributed by atoms with Gasteiger partial charge in [-0.15, -0.1) is 0 Å². The van der Waals surface area contributed by atoms with Gasteiger partial charge in [-0.05, 0) is 12.1 Å². The summed E-state index contributed by atoms with van der Waals surface area (Å²) in [7, 11) is 0. The van der Waals surface area contributed by atoms with Gasteiger partial charge in [0.1, 0.15) is 23.7 Å². The Bertz CT molecular complexity index is 334. The zero-order chi connectivity index (χ0) is 10.6. The molecule has 0 saturated carbocycles. The number of hydrogen-bond acceptors (Lipinski definition) is 4. The maximum Gasteiger partial charge on any atom is 0.339 e. The zero-order valence-corrected chi connectivity index (χ0v) is 7.30. The SMILES string of the molecule is O=C(O)c1ccc(OCCO)cc1O. The lowest BCUT2D eigenvalue weighted by atomic mass is 10.2. The first-order valence-corrected chi connectivity index (χ1v) is 3.95. The summed E-state index contributed by atoms with van der Waals surface area (Å²) in [4.78, 5) is 10.5. The van der Waals surface area contributed by atoms with Gasteiger partial charge in [0.25, 0.3) is 0 Å². The number of carboxylic acids is 1. The Morgan fingerprint density at radius 3 is 2.64 bits per heavy atom. The Labute approximate surface area is 80.2 Å². The van der Waals surface area contributed by atoms with Crippen LogP contribution >= 0.6 is 0 Å². The van der Waals surface area contributed by atoms with Crippen LogP contribution in [0.3, 0.4) is 0 Å². The fraction of sp³-hybridized carbons (Fsp3) is 0.222. The molecule has 0 unspecified atom stereocenters. The Morgan fingerprint density at radius 1 is 1.43 bits per heavy atom. The van der Waals surface area contributed by atoms with Gasteiger partial charge in [-0.2, -0.15) is 0 Å². The third kappa shape index (κ3) is 2.37. The first kappa shape index (κ1) is 10.3. The van der Waals surface area contributed by atoms with Crippen LogP contribution in [0.5, 0.6) is 11.5 Å². The predicted octanol–water partition coefficient (Wildman–Crippen LogP) is 0.461. The molecule has 0 heterocycles. The van der Waals surface area contributed by atoms with Crippen LogP contribution in [0.4, 0.5) is 0 Å². The minimum atomic E-state index is -1.20. The van der Waals surface area contributed by atoms with E-state index in [1.807, 2.05) is 0 Å². The lowest BCUT2D eigenvalue weighted by molar-refractivity contribution is 0.0693. The number of phenols is 1. The van der Waals surface area contributed by atoms with Crippen molar-refractivity contribution in [3.8, 4) is 11.5 Å². The molecule has 0 saturated heterocycles. The first-order chi connectivity index (χ1) is 6.65. The fourth-order valence-corrected chi connectivity index (χ4v) is 0.946. The van der Waals surface area contributed by atoms with Gasteiger partial charge in [-0.3, -0.25) is 0 Å². The molecule has 0 bridgehead atoms. The van der Waals surface area contributed by atoms with Crippen molar-refractivity contribution in [3.05, 3.63) is 23.8 Å². The molecular formula is C9H10O5. The smallest absolute Gasteiger partial charge is 0.339 e. The number of benzene rings is 1. The summed E-state index contributed by atoms with van der Waals surface area (Å²) in [5.74, 6) is -1.23. The van der Waals surface area contributed by atoms with E-state index >= 15 is 0 Å². The largest absolute Gasteiger partial charge is 0.507 e. The molecule has 0 aliphatic rings. The number of carbonyl (C=O) groups is 1. The van der Waals surface area contributed by atoms with E-state index in [1.165, 1.54) is 18.2 Å². The third-order valence-corrected chi connectivity index (χ3v) is 1.56. The highest BCUT2D eigenvalue weighted by Gasteiger charge is 2.09. The minimum absolute atomic E-state index is 0.103. The molecule has 0 atom stereocenters. The van der Waals surface area contributed by atoms with E-state index < -0.39 is 5.97 Å². The molecule has 1 aromatic carbocycles. The number of ether oxygens (including phenoxy) is 1. The maximum absolute atomic E-state index is 10.5. The summed E-state index contributed by atoms with van der Waals surface area (Å²) < 4.78 is 4.97. The highest BCUT2D eigenvalue weighted by Crippen LogP contribution is 2.23. The van der Waals surface area contributed by atoms with E-state index in [0.717, 1.165) is 0 Å². The number of aliphatic hydroxyl groups excluding tert-OH is 1. The van der Waals surface area contributed by atoms with E-state index in [2.05, 4.69) is 0 Å². The van der Waals surface area contributed by atoms with E-state index in [-0.39, 0.29) is 24.5 Å². The predicted molar refractivity (Wildman–Crippen MR) is 47.6 cm³/mol. The highest BCUT2D eigenvalue weighted by atomic mass is 16.5. The van der Waals surface area contributed by atoms with Gasteiger partial charge in [-0.1, -0.05) is 0 Å². The lowest BCUT2D eigenvalue weighted by Crippen LogP contribution is -2.02. The first-order valence-electron chi connectivity index (χ1n) is 3.95. The second kappa shape index (κ2) is 4.48. The molecular weight excluding hydrogens is 188 g/mol. The van der Waals surface area contributed by atoms with Crippen LogP contribution < -0.4 is 4.74 Å². The Morgan fingerprint density at radius 2 is 2.14 bits per heavy atom. The molecule has 0 radical (unpaired) electrons. The molecule has 0 aliphatic heterocycles. The number of carboxylic acid groups (broad SMARTS) is 1. The number of hydrogen-bond donors (Lipinski definition) is 3. The zero-order valence-electron chi connectivity index (χ0n) is 7.30. The molecule has 0 fully saturated rings. The molecule has 5 nitrogen and oxygen atoms in total. The van der Waals surface area contributed by atoms with Crippen molar-refractivity contribution in [2.24, 2.45) is 0 Å². The van der Waals surface area contributed by atoms with E-state index in [9.17, 15) is 9.90 Å². The normalized spacial score (nSPS) is 9.79. The van der Waals surface area contributed by atoms with Crippen LogP contribution in [0.1, 0.15) is 10.4 Å². The summed E-state index contributed by atoms with van der Waals surface area (Å²) in [6.45, 7) is -0.0344. The molecule has 1 rings (SSSR count). The molecule has 14 heavy (non-hydrogen) atoms. The fourth-order valence-electron chi connectivity index (χ4n) is 0.946. The topological polar surface area (TPSA) is 87.0 Å². The van der Waals surface area contributed by atoms with Gasteiger partial charge in [0, 0.05) is 6.07 Å². The summed E-state index contributed by atoms with van der Waals surface area (Å²) in [5, 5.41) is 26.3. The minimum Gasteiger partial charge on any atom is -0.507 e. The highest BCUT2D eigenvalue weighted by molar-refractivity contribution is 5.90. The van der Waals surface area contributed by atoms with Crippen LogP contribution in [0.2, 0.25) is 0 Å². The van der Waals surface area contributed by atoms with Crippen molar-refractivity contribution >= 4 is 5.97 Å². The van der Waals surface area contributed by atoms with Crippen molar-refractivity contribution in [2.75, 3.05) is 13.2 Å². The summed E-state index contributed by atoms with van der Waals surface area (Å²) in [5.41, 5.74) is -0.179. The van der Waals surface area contributed by atoms with Gasteiger partial charge >= 0.3 is 5.97 Å². The van der Waals surface area contributed by atoms with Crippen molar-refractivity contribution in [1.29, 1.82) is 0 Å². The molecule has 76 valence electrons. The number of aliphatic hydroxyl groups is 1. The van der Waals surface area contributed by atoms with E-state index in [1.54, 1.807) is 0 Å². The average molecular weight is 198 g/mol. The van der Waals surface area contributed by atoms with Crippen LogP contribution in [0.25, 0.3) is 0 Å². The van der Waals surface area contributed by atoms with Gasteiger partial charge in [0.05, 0.1) is 6.61 Å². The second-order valence-electron chi connectivity index (χ2n) is 2.56.